The predicted octanol–water partition coefficient (Wildman–Crippen LogP) is 1.34. The van der Waals surface area contributed by atoms with Crippen LogP contribution in [0.15, 0.2) is 29.1 Å². The van der Waals surface area contributed by atoms with Crippen molar-refractivity contribution in [3.63, 3.8) is 0 Å². The van der Waals surface area contributed by atoms with E-state index in [1.54, 1.807) is 13.0 Å². The van der Waals surface area contributed by atoms with Gasteiger partial charge in [0.05, 0.1) is 11.3 Å². The first-order chi connectivity index (χ1) is 6.68. The van der Waals surface area contributed by atoms with Gasteiger partial charge in [-0.05, 0) is 25.1 Å². The Morgan fingerprint density at radius 3 is 2.86 bits per heavy atom. The summed E-state index contributed by atoms with van der Waals surface area (Å²) in [5, 5.41) is 3.60. The minimum absolute atomic E-state index is 0.385. The molecule has 72 valence electrons. The lowest BCUT2D eigenvalue weighted by molar-refractivity contribution is -0.136. The first-order valence-electron chi connectivity index (χ1n) is 4.28. The number of oxime groups is 1. The molecule has 0 amide bonds. The molecule has 2 heterocycles. The maximum absolute atomic E-state index is 11.2. The molecule has 0 bridgehead atoms. The number of rotatable bonds is 1. The number of nitrogens with zero attached hydrogens (tertiary/aromatic N) is 2. The fourth-order valence-corrected chi connectivity index (χ4v) is 1.29. The highest BCUT2D eigenvalue weighted by atomic mass is 16.7. The van der Waals surface area contributed by atoms with Crippen molar-refractivity contribution in [2.75, 3.05) is 0 Å². The van der Waals surface area contributed by atoms with Crippen molar-refractivity contribution in [3.05, 3.63) is 29.6 Å². The fraction of sp³-hybridized carbons (Fsp3) is 0.200. The molecule has 1 aliphatic rings. The molecule has 0 aliphatic carbocycles. The molecule has 4 heteroatoms. The standard InChI is InChI=1S/C10H10N2O2/c1-7-9(10(13)14-11-7)6-8-4-3-5-12(8)2/h3-6H,1-2H3/b9-6+. The molecule has 0 fully saturated rings. The van der Waals surface area contributed by atoms with Crippen molar-refractivity contribution in [2.45, 2.75) is 6.92 Å². The van der Waals surface area contributed by atoms with Crippen LogP contribution in [0.25, 0.3) is 6.08 Å². The van der Waals surface area contributed by atoms with E-state index in [4.69, 9.17) is 0 Å². The summed E-state index contributed by atoms with van der Waals surface area (Å²) in [6.45, 7) is 1.75. The minimum Gasteiger partial charge on any atom is -0.351 e. The molecule has 0 radical (unpaired) electrons. The Hall–Kier alpha value is -1.84. The summed E-state index contributed by atoms with van der Waals surface area (Å²) in [7, 11) is 1.92. The summed E-state index contributed by atoms with van der Waals surface area (Å²) in [5.74, 6) is -0.385. The molecule has 0 unspecified atom stereocenters. The summed E-state index contributed by atoms with van der Waals surface area (Å²) in [5.41, 5.74) is 2.09. The topological polar surface area (TPSA) is 43.6 Å². The molecule has 1 aromatic heterocycles. The van der Waals surface area contributed by atoms with Gasteiger partial charge in [0.25, 0.3) is 0 Å². The van der Waals surface area contributed by atoms with Crippen LogP contribution in [0, 0.1) is 0 Å². The molecule has 0 aromatic carbocycles. The second-order valence-corrected chi connectivity index (χ2v) is 3.16. The Morgan fingerprint density at radius 1 is 1.57 bits per heavy atom. The smallest absolute Gasteiger partial charge is 0.351 e. The van der Waals surface area contributed by atoms with E-state index >= 15 is 0 Å². The summed E-state index contributed by atoms with van der Waals surface area (Å²) in [4.78, 5) is 15.7. The van der Waals surface area contributed by atoms with Crippen LogP contribution in [0.5, 0.6) is 0 Å². The van der Waals surface area contributed by atoms with Gasteiger partial charge in [0.2, 0.25) is 0 Å². The zero-order chi connectivity index (χ0) is 10.1. The third kappa shape index (κ3) is 1.35. The molecule has 4 nitrogen and oxygen atoms in total. The van der Waals surface area contributed by atoms with Gasteiger partial charge in [-0.3, -0.25) is 0 Å². The van der Waals surface area contributed by atoms with E-state index in [0.717, 1.165) is 5.69 Å². The molecule has 2 rings (SSSR count). The normalized spacial score (nSPS) is 18.6. The summed E-state index contributed by atoms with van der Waals surface area (Å²) in [6, 6.07) is 3.84. The average Bonchev–Trinajstić information content (AvgIpc) is 2.67. The van der Waals surface area contributed by atoms with Crippen LogP contribution < -0.4 is 0 Å². The molecule has 14 heavy (non-hydrogen) atoms. The zero-order valence-corrected chi connectivity index (χ0v) is 8.02. The quantitative estimate of drug-likeness (QED) is 0.495. The Morgan fingerprint density at radius 2 is 2.36 bits per heavy atom. The monoisotopic (exact) mass is 190 g/mol. The minimum atomic E-state index is -0.385. The lowest BCUT2D eigenvalue weighted by atomic mass is 10.1. The van der Waals surface area contributed by atoms with Crippen molar-refractivity contribution in [3.8, 4) is 0 Å². The van der Waals surface area contributed by atoms with Gasteiger partial charge in [-0.15, -0.1) is 0 Å². The van der Waals surface area contributed by atoms with E-state index in [-0.39, 0.29) is 5.97 Å². The summed E-state index contributed by atoms with van der Waals surface area (Å²) >= 11 is 0. The lowest BCUT2D eigenvalue weighted by Gasteiger charge is -1.97. The molecular formula is C10H10N2O2. The number of aryl methyl sites for hydroxylation is 1. The van der Waals surface area contributed by atoms with E-state index < -0.39 is 0 Å². The highest BCUT2D eigenvalue weighted by Gasteiger charge is 2.21. The number of aromatic nitrogens is 1. The molecule has 0 saturated carbocycles. The maximum Gasteiger partial charge on any atom is 0.367 e. The van der Waals surface area contributed by atoms with Crippen molar-refractivity contribution < 1.29 is 9.63 Å². The Bertz CT molecular complexity index is 441. The predicted molar refractivity (Wildman–Crippen MR) is 52.6 cm³/mol. The van der Waals surface area contributed by atoms with Gasteiger partial charge in [-0.2, -0.15) is 0 Å². The number of hydrogen-bond donors (Lipinski definition) is 0. The summed E-state index contributed by atoms with van der Waals surface area (Å²) in [6.07, 6.45) is 3.69. The summed E-state index contributed by atoms with van der Waals surface area (Å²) < 4.78 is 1.92. The second-order valence-electron chi connectivity index (χ2n) is 3.16. The molecule has 0 spiro atoms. The van der Waals surface area contributed by atoms with Crippen LogP contribution in [0.3, 0.4) is 0 Å². The van der Waals surface area contributed by atoms with Gasteiger partial charge in [0.15, 0.2) is 0 Å². The van der Waals surface area contributed by atoms with E-state index in [1.807, 2.05) is 29.9 Å². The van der Waals surface area contributed by atoms with Crippen LogP contribution in [0.2, 0.25) is 0 Å². The van der Waals surface area contributed by atoms with Crippen molar-refractivity contribution >= 4 is 17.8 Å². The van der Waals surface area contributed by atoms with Crippen LogP contribution in [-0.2, 0) is 16.7 Å². The molecule has 0 atom stereocenters. The van der Waals surface area contributed by atoms with Crippen LogP contribution in [0.4, 0.5) is 0 Å². The van der Waals surface area contributed by atoms with Gasteiger partial charge in [-0.1, -0.05) is 5.16 Å². The Labute approximate surface area is 81.5 Å². The highest BCUT2D eigenvalue weighted by molar-refractivity contribution is 6.24. The van der Waals surface area contributed by atoms with Gasteiger partial charge < -0.3 is 9.40 Å². The van der Waals surface area contributed by atoms with Crippen molar-refractivity contribution in [1.29, 1.82) is 0 Å². The molecule has 0 saturated heterocycles. The highest BCUT2D eigenvalue weighted by Crippen LogP contribution is 2.15. The molecular weight excluding hydrogens is 180 g/mol. The molecule has 1 aromatic rings. The van der Waals surface area contributed by atoms with Crippen molar-refractivity contribution in [2.24, 2.45) is 12.2 Å². The lowest BCUT2D eigenvalue weighted by Crippen LogP contribution is -2.02. The fourth-order valence-electron chi connectivity index (χ4n) is 1.29. The van der Waals surface area contributed by atoms with Gasteiger partial charge in [-0.25, -0.2) is 4.79 Å². The number of carbonyl (C=O) groups excluding carboxylic acids is 1. The van der Waals surface area contributed by atoms with E-state index in [2.05, 4.69) is 9.99 Å². The van der Waals surface area contributed by atoms with Gasteiger partial charge in [0, 0.05) is 18.9 Å². The molecule has 1 aliphatic heterocycles. The van der Waals surface area contributed by atoms with Gasteiger partial charge >= 0.3 is 5.97 Å². The van der Waals surface area contributed by atoms with Crippen LogP contribution in [-0.4, -0.2) is 16.2 Å². The van der Waals surface area contributed by atoms with E-state index in [0.29, 0.717) is 11.3 Å². The van der Waals surface area contributed by atoms with Crippen molar-refractivity contribution in [1.82, 2.24) is 4.57 Å². The van der Waals surface area contributed by atoms with Gasteiger partial charge in [0.1, 0.15) is 0 Å². The Kier molecular flexibility index (Phi) is 1.96. The number of carbonyl (C=O) groups is 1. The first kappa shape index (κ1) is 8.74. The van der Waals surface area contributed by atoms with Crippen LogP contribution >= 0.6 is 0 Å². The Balaban J connectivity index is 2.40. The third-order valence-electron chi connectivity index (χ3n) is 2.15. The SMILES string of the molecule is CC1=NOC(=O)/C1=C/c1cccn1C. The third-order valence-corrected chi connectivity index (χ3v) is 2.15. The first-order valence-corrected chi connectivity index (χ1v) is 4.28. The van der Waals surface area contributed by atoms with E-state index in [1.165, 1.54) is 0 Å². The average molecular weight is 190 g/mol. The maximum atomic E-state index is 11.2. The van der Waals surface area contributed by atoms with E-state index in [9.17, 15) is 4.79 Å². The second kappa shape index (κ2) is 3.14. The zero-order valence-electron chi connectivity index (χ0n) is 8.02. The molecule has 0 N–H and O–H groups in total. The largest absolute Gasteiger partial charge is 0.367 e. The van der Waals surface area contributed by atoms with Crippen LogP contribution in [0.1, 0.15) is 12.6 Å². The number of hydrogen-bond acceptors (Lipinski definition) is 3.